The predicted molar refractivity (Wildman–Crippen MR) is 46.1 cm³/mol. The molecule has 0 aliphatic rings. The van der Waals surface area contributed by atoms with Crippen molar-refractivity contribution in [3.8, 4) is 0 Å². The van der Waals surface area contributed by atoms with E-state index in [0.29, 0.717) is 0 Å². The fourth-order valence-corrected chi connectivity index (χ4v) is 0.570. The van der Waals surface area contributed by atoms with Crippen molar-refractivity contribution in [3.05, 3.63) is 11.3 Å². The van der Waals surface area contributed by atoms with Crippen LogP contribution < -0.4 is 11.0 Å². The van der Waals surface area contributed by atoms with Crippen molar-refractivity contribution < 1.29 is 29.9 Å². The molecule has 0 aliphatic heterocycles. The zero-order chi connectivity index (χ0) is 8.85. The number of rotatable bonds is 5. The third-order valence-corrected chi connectivity index (χ3v) is 0.833. The number of nitrogens with zero attached hydrogens (tertiary/aromatic N) is 2. The van der Waals surface area contributed by atoms with E-state index in [0.717, 1.165) is 0 Å². The van der Waals surface area contributed by atoms with E-state index < -0.39 is 0 Å². The Morgan fingerprint density at radius 1 is 1.25 bits per heavy atom. The minimum atomic E-state index is 0. The number of hydrogen-bond donors (Lipinski definition) is 2. The van der Waals surface area contributed by atoms with Gasteiger partial charge in [0.15, 0.2) is 0 Å². The second-order valence-corrected chi connectivity index (χ2v) is 2.92. The normalized spacial score (nSPS) is 11.0. The smallest absolute Gasteiger partial charge is 0.0155 e. The summed E-state index contributed by atoms with van der Waals surface area (Å²) >= 11 is 0. The van der Waals surface area contributed by atoms with Crippen LogP contribution in [0.5, 0.6) is 0 Å². The summed E-state index contributed by atoms with van der Waals surface area (Å²) in [7, 11) is 0. The van der Waals surface area contributed by atoms with Gasteiger partial charge in [-0.3, -0.25) is 10.7 Å². The van der Waals surface area contributed by atoms with Crippen LogP contribution in [0.1, 0.15) is 27.7 Å². The third kappa shape index (κ3) is 8.91. The molecule has 0 amide bonds. The van der Waals surface area contributed by atoms with Crippen LogP contribution in [0.25, 0.3) is 11.3 Å². The van der Waals surface area contributed by atoms with Crippen LogP contribution in [-0.2, 0) is 0 Å². The van der Waals surface area contributed by atoms with Gasteiger partial charge in [-0.15, -0.1) is 6.04 Å². The van der Waals surface area contributed by atoms with Gasteiger partial charge in [0.05, 0.1) is 0 Å². The molecule has 0 spiro atoms. The van der Waals surface area contributed by atoms with Crippen molar-refractivity contribution in [2.24, 2.45) is 0 Å². The topological polar surface area (TPSA) is 65.2 Å². The molecule has 0 saturated heterocycles. The van der Waals surface area contributed by atoms with Crippen LogP contribution in [0.4, 0.5) is 0 Å². The Hall–Kier alpha value is 0.813. The van der Waals surface area contributed by atoms with Crippen LogP contribution in [0.3, 0.4) is 0 Å². The molecule has 1 radical (unpaired) electrons. The Balaban J connectivity index is 0. The number of nitrogens with one attached hydrogen (secondary N) is 3. The van der Waals surface area contributed by atoms with Crippen LogP contribution in [-0.4, -0.2) is 17.3 Å². The van der Waals surface area contributed by atoms with Crippen molar-refractivity contribution in [1.29, 1.82) is 0 Å². The summed E-state index contributed by atoms with van der Waals surface area (Å²) in [5.74, 6) is 6.87. The van der Waals surface area contributed by atoms with Gasteiger partial charge in [-0.1, -0.05) is 13.8 Å². The minimum Gasteiger partial charge on any atom is -0.598 e. The number of hydrazine groups is 2. The summed E-state index contributed by atoms with van der Waals surface area (Å²) in [6.07, 6.45) is 0. The van der Waals surface area contributed by atoms with E-state index in [1.165, 1.54) is 5.23 Å². The molecule has 0 aromatic rings. The first-order valence-electron chi connectivity index (χ1n) is 3.75. The van der Waals surface area contributed by atoms with Crippen molar-refractivity contribution in [2.75, 3.05) is 0 Å². The van der Waals surface area contributed by atoms with Gasteiger partial charge in [-0.2, -0.15) is 0 Å². The summed E-state index contributed by atoms with van der Waals surface area (Å²) in [6, 6.07) is 0.453. The fourth-order valence-electron chi connectivity index (χ4n) is 0.570. The molecule has 3 N–H and O–H groups in total. The van der Waals surface area contributed by atoms with Crippen LogP contribution >= 0.6 is 0 Å². The maximum absolute atomic E-state index is 6.87. The van der Waals surface area contributed by atoms with Gasteiger partial charge in [-0.05, 0) is 13.8 Å². The number of hydrogen-bond acceptors (Lipinski definition) is 3. The molecule has 0 fully saturated rings. The van der Waals surface area contributed by atoms with Gasteiger partial charge >= 0.3 is 0 Å². The van der Waals surface area contributed by atoms with Crippen LogP contribution in [0, 0.1) is 29.9 Å². The molecule has 0 aliphatic carbocycles. The summed E-state index contributed by atoms with van der Waals surface area (Å²) in [5.41, 5.74) is 9.16. The van der Waals surface area contributed by atoms with Gasteiger partial charge in [0.25, 0.3) is 0 Å². The van der Waals surface area contributed by atoms with Gasteiger partial charge in [0, 0.05) is 36.0 Å². The quantitative estimate of drug-likeness (QED) is 0.691. The SMILES string of the molecule is CC(C)[N-]N(N[NH-])NC(C)C.[Np]. The molecule has 73 valence electrons. The molecule has 12 heavy (non-hydrogen) atoms. The van der Waals surface area contributed by atoms with Crippen LogP contribution in [0.15, 0.2) is 0 Å². The zero-order valence-electron chi connectivity index (χ0n) is 8.00. The second-order valence-electron chi connectivity index (χ2n) is 2.92. The van der Waals surface area contributed by atoms with E-state index in [4.69, 9.17) is 5.84 Å². The van der Waals surface area contributed by atoms with Crippen molar-refractivity contribution in [2.45, 2.75) is 39.8 Å². The van der Waals surface area contributed by atoms with Gasteiger partial charge in [-0.25, -0.2) is 0 Å². The first-order chi connectivity index (χ1) is 5.06. The molecule has 0 aromatic heterocycles. The van der Waals surface area contributed by atoms with E-state index in [1.54, 1.807) is 0 Å². The van der Waals surface area contributed by atoms with Gasteiger partial charge < -0.3 is 16.8 Å². The Morgan fingerprint density at radius 2 is 1.75 bits per heavy atom. The van der Waals surface area contributed by atoms with E-state index in [1.807, 2.05) is 27.7 Å². The molecule has 0 aromatic carbocycles. The molecular formula is C6H17N5Np-2. The Labute approximate surface area is 97.0 Å². The third-order valence-electron chi connectivity index (χ3n) is 0.833. The van der Waals surface area contributed by atoms with Crippen LogP contribution in [0.2, 0.25) is 0 Å². The van der Waals surface area contributed by atoms with Crippen molar-refractivity contribution in [1.82, 2.24) is 16.2 Å². The van der Waals surface area contributed by atoms with Crippen molar-refractivity contribution >= 4 is 0 Å². The average molecular weight is 396 g/mol. The minimum absolute atomic E-state index is 0. The average Bonchev–Trinajstić information content (AvgIpc) is 1.84. The second kappa shape index (κ2) is 8.41. The van der Waals surface area contributed by atoms with E-state index in [9.17, 15) is 0 Å². The fraction of sp³-hybridized carbons (Fsp3) is 1.00. The van der Waals surface area contributed by atoms with Gasteiger partial charge in [0.2, 0.25) is 0 Å². The summed E-state index contributed by atoms with van der Waals surface area (Å²) in [5, 5.41) is 1.31. The molecular weight excluding hydrogens is 379 g/mol. The molecule has 0 bridgehead atoms. The largest absolute Gasteiger partial charge is 0.598 e. The Morgan fingerprint density at radius 3 is 2.00 bits per heavy atom. The van der Waals surface area contributed by atoms with Crippen molar-refractivity contribution in [3.63, 3.8) is 0 Å². The Kier molecular flexibility index (Phi) is 10.7. The maximum Gasteiger partial charge on any atom is 0.0155 e. The van der Waals surface area contributed by atoms with E-state index in [-0.39, 0.29) is 42.0 Å². The van der Waals surface area contributed by atoms with Gasteiger partial charge in [0.1, 0.15) is 0 Å². The predicted octanol–water partition coefficient (Wildman–Crippen LogP) is 1.37. The van der Waals surface area contributed by atoms with E-state index in [2.05, 4.69) is 16.4 Å². The molecule has 6 heteroatoms. The summed E-state index contributed by atoms with van der Waals surface area (Å²) in [6.45, 7) is 7.87. The first kappa shape index (κ1) is 15.3. The standard InChI is InChI=1S/C6H17N5.Np/c1-5(2)8-11(10-7)9-6(3)4;/h5-8,10H,1-4H3;/q-2;. The monoisotopic (exact) mass is 395 g/mol. The maximum atomic E-state index is 6.87. The first-order valence-corrected chi connectivity index (χ1v) is 3.75. The molecule has 0 rings (SSSR count). The zero-order valence-corrected chi connectivity index (χ0v) is 11.7. The molecule has 0 atom stereocenters. The Bertz CT molecular complexity index is 87.9. The molecule has 5 nitrogen and oxygen atoms in total. The molecule has 0 unspecified atom stereocenters. The summed E-state index contributed by atoms with van der Waals surface area (Å²) < 4.78 is 0. The summed E-state index contributed by atoms with van der Waals surface area (Å²) in [4.78, 5) is 0. The molecule has 0 heterocycles. The molecule has 0 saturated carbocycles. The van der Waals surface area contributed by atoms with E-state index >= 15 is 0 Å².